The third-order valence-electron chi connectivity index (χ3n) is 4.67. The highest BCUT2D eigenvalue weighted by molar-refractivity contribution is 6.08. The number of benzene rings is 2. The molecule has 0 unspecified atom stereocenters. The maximum absolute atomic E-state index is 12.8. The highest BCUT2D eigenvalue weighted by atomic mass is 16.5. The lowest BCUT2D eigenvalue weighted by Gasteiger charge is -2.22. The second-order valence-electron chi connectivity index (χ2n) is 6.96. The number of nitrogens with zero attached hydrogens (tertiary/aromatic N) is 1. The molecular weight excluding hydrogens is 344 g/mol. The van der Waals surface area contributed by atoms with Gasteiger partial charge in [0.2, 0.25) is 0 Å². The first-order valence-electron chi connectivity index (χ1n) is 8.72. The van der Waals surface area contributed by atoms with Crippen molar-refractivity contribution in [3.63, 3.8) is 0 Å². The van der Waals surface area contributed by atoms with E-state index in [0.717, 1.165) is 21.6 Å². The van der Waals surface area contributed by atoms with Crippen LogP contribution in [0.3, 0.4) is 0 Å². The van der Waals surface area contributed by atoms with E-state index in [4.69, 9.17) is 4.74 Å². The van der Waals surface area contributed by atoms with Gasteiger partial charge in [0, 0.05) is 0 Å². The van der Waals surface area contributed by atoms with Crippen LogP contribution in [0, 0.1) is 13.8 Å². The van der Waals surface area contributed by atoms with Gasteiger partial charge in [-0.25, -0.2) is 4.79 Å². The van der Waals surface area contributed by atoms with Crippen LogP contribution in [-0.2, 0) is 26.5 Å². The lowest BCUT2D eigenvalue weighted by molar-refractivity contribution is -0.148. The molecule has 0 spiro atoms. The van der Waals surface area contributed by atoms with Crippen LogP contribution in [0.1, 0.15) is 29.2 Å². The van der Waals surface area contributed by atoms with Crippen LogP contribution in [0.4, 0.5) is 4.79 Å². The average molecular weight is 366 g/mol. The molecule has 3 rings (SSSR count). The Morgan fingerprint density at radius 3 is 2.44 bits per heavy atom. The Labute approximate surface area is 158 Å². The van der Waals surface area contributed by atoms with E-state index in [1.807, 2.05) is 50.2 Å². The van der Waals surface area contributed by atoms with Gasteiger partial charge in [-0.2, -0.15) is 0 Å². The molecule has 1 atom stereocenters. The van der Waals surface area contributed by atoms with Crippen molar-refractivity contribution < 1.29 is 19.1 Å². The SMILES string of the molecule is Cc1ccc([C@]2(C)NC(=O)N(CC(=O)OCc3cccc(C)c3)C2=O)cc1. The second-order valence-corrected chi connectivity index (χ2v) is 6.96. The predicted molar refractivity (Wildman–Crippen MR) is 99.8 cm³/mol. The summed E-state index contributed by atoms with van der Waals surface area (Å²) in [6.07, 6.45) is 0. The van der Waals surface area contributed by atoms with Gasteiger partial charge in [0.05, 0.1) is 0 Å². The molecule has 0 aliphatic carbocycles. The van der Waals surface area contributed by atoms with Crippen LogP contribution in [0.5, 0.6) is 0 Å². The Kier molecular flexibility index (Phi) is 4.99. The number of urea groups is 1. The van der Waals surface area contributed by atoms with Gasteiger partial charge >= 0.3 is 12.0 Å². The molecule has 140 valence electrons. The molecule has 1 fully saturated rings. The van der Waals surface area contributed by atoms with E-state index in [2.05, 4.69) is 5.32 Å². The fourth-order valence-corrected chi connectivity index (χ4v) is 3.06. The van der Waals surface area contributed by atoms with Gasteiger partial charge in [0.1, 0.15) is 18.7 Å². The van der Waals surface area contributed by atoms with Crippen molar-refractivity contribution in [3.05, 3.63) is 70.8 Å². The van der Waals surface area contributed by atoms with Crippen molar-refractivity contribution in [2.75, 3.05) is 6.54 Å². The average Bonchev–Trinajstić information content (AvgIpc) is 2.85. The van der Waals surface area contributed by atoms with E-state index in [1.54, 1.807) is 19.1 Å². The van der Waals surface area contributed by atoms with Crippen LogP contribution in [0.25, 0.3) is 0 Å². The number of imide groups is 1. The summed E-state index contributed by atoms with van der Waals surface area (Å²) in [6, 6.07) is 14.3. The molecule has 1 heterocycles. The summed E-state index contributed by atoms with van der Waals surface area (Å²) in [7, 11) is 0. The summed E-state index contributed by atoms with van der Waals surface area (Å²) < 4.78 is 5.22. The molecule has 0 aromatic heterocycles. The summed E-state index contributed by atoms with van der Waals surface area (Å²) in [6.45, 7) is 5.20. The maximum atomic E-state index is 12.8. The van der Waals surface area contributed by atoms with E-state index in [1.165, 1.54) is 0 Å². The van der Waals surface area contributed by atoms with Crippen LogP contribution in [-0.4, -0.2) is 29.4 Å². The summed E-state index contributed by atoms with van der Waals surface area (Å²) >= 11 is 0. The van der Waals surface area contributed by atoms with Crippen LogP contribution < -0.4 is 5.32 Å². The first-order valence-corrected chi connectivity index (χ1v) is 8.72. The molecule has 2 aromatic carbocycles. The highest BCUT2D eigenvalue weighted by Gasteiger charge is 2.49. The van der Waals surface area contributed by atoms with Crippen LogP contribution in [0.2, 0.25) is 0 Å². The second kappa shape index (κ2) is 7.23. The van der Waals surface area contributed by atoms with E-state index in [-0.39, 0.29) is 6.61 Å². The van der Waals surface area contributed by atoms with Gasteiger partial charge in [-0.15, -0.1) is 0 Å². The molecular formula is C21H22N2O4. The summed E-state index contributed by atoms with van der Waals surface area (Å²) in [5.41, 5.74) is 2.44. The number of amides is 3. The van der Waals surface area contributed by atoms with E-state index in [9.17, 15) is 14.4 Å². The highest BCUT2D eigenvalue weighted by Crippen LogP contribution is 2.28. The van der Waals surface area contributed by atoms with Gasteiger partial charge in [-0.1, -0.05) is 59.7 Å². The number of aryl methyl sites for hydroxylation is 2. The van der Waals surface area contributed by atoms with Crippen molar-refractivity contribution in [2.24, 2.45) is 0 Å². The molecule has 0 radical (unpaired) electrons. The van der Waals surface area contributed by atoms with Crippen molar-refractivity contribution in [3.8, 4) is 0 Å². The fourth-order valence-electron chi connectivity index (χ4n) is 3.06. The normalized spacial score (nSPS) is 19.1. The van der Waals surface area contributed by atoms with Gasteiger partial charge in [0.15, 0.2) is 0 Å². The van der Waals surface area contributed by atoms with Gasteiger partial charge < -0.3 is 10.1 Å². The predicted octanol–water partition coefficient (Wildman–Crippen LogP) is 2.81. The number of esters is 1. The molecule has 3 amide bonds. The molecule has 0 saturated carbocycles. The molecule has 6 nitrogen and oxygen atoms in total. The minimum Gasteiger partial charge on any atom is -0.459 e. The molecule has 27 heavy (non-hydrogen) atoms. The lowest BCUT2D eigenvalue weighted by Crippen LogP contribution is -2.41. The number of nitrogens with one attached hydrogen (secondary N) is 1. The Hall–Kier alpha value is -3.15. The van der Waals surface area contributed by atoms with E-state index >= 15 is 0 Å². The minimum absolute atomic E-state index is 0.0966. The topological polar surface area (TPSA) is 75.7 Å². The number of ether oxygens (including phenoxy) is 1. The third-order valence-corrected chi connectivity index (χ3v) is 4.67. The molecule has 1 aliphatic heterocycles. The zero-order valence-electron chi connectivity index (χ0n) is 15.6. The molecule has 6 heteroatoms. The van der Waals surface area contributed by atoms with Crippen molar-refractivity contribution in [2.45, 2.75) is 32.9 Å². The lowest BCUT2D eigenvalue weighted by atomic mass is 9.91. The number of carbonyl (C=O) groups is 3. The summed E-state index contributed by atoms with van der Waals surface area (Å²) in [5.74, 6) is -1.10. The number of carbonyl (C=O) groups excluding carboxylic acids is 3. The molecule has 0 bridgehead atoms. The molecule has 1 saturated heterocycles. The van der Waals surface area contributed by atoms with Crippen molar-refractivity contribution in [1.29, 1.82) is 0 Å². The summed E-state index contributed by atoms with van der Waals surface area (Å²) in [4.78, 5) is 38.1. The smallest absolute Gasteiger partial charge is 0.326 e. The first-order chi connectivity index (χ1) is 12.8. The zero-order chi connectivity index (χ0) is 19.6. The number of hydrogen-bond acceptors (Lipinski definition) is 4. The largest absolute Gasteiger partial charge is 0.459 e. The van der Waals surface area contributed by atoms with Gasteiger partial charge in [-0.3, -0.25) is 14.5 Å². The minimum atomic E-state index is -1.19. The molecule has 1 aliphatic rings. The fraction of sp³-hybridized carbons (Fsp3) is 0.286. The van der Waals surface area contributed by atoms with Crippen molar-refractivity contribution in [1.82, 2.24) is 10.2 Å². The molecule has 1 N–H and O–H groups in total. The first kappa shape index (κ1) is 18.6. The van der Waals surface area contributed by atoms with E-state index < -0.39 is 30.0 Å². The number of hydrogen-bond donors (Lipinski definition) is 1. The Balaban J connectivity index is 1.66. The standard InChI is InChI=1S/C21H22N2O4/c1-14-7-9-17(10-8-14)21(3)19(25)23(20(26)22-21)12-18(24)27-13-16-6-4-5-15(2)11-16/h4-11H,12-13H2,1-3H3,(H,22,26)/t21-/m0/s1. The third kappa shape index (κ3) is 3.84. The van der Waals surface area contributed by atoms with Crippen LogP contribution >= 0.6 is 0 Å². The monoisotopic (exact) mass is 366 g/mol. The maximum Gasteiger partial charge on any atom is 0.326 e. The van der Waals surface area contributed by atoms with Gasteiger partial charge in [-0.05, 0) is 31.9 Å². The quantitative estimate of drug-likeness (QED) is 0.652. The van der Waals surface area contributed by atoms with Crippen LogP contribution in [0.15, 0.2) is 48.5 Å². The number of rotatable bonds is 5. The van der Waals surface area contributed by atoms with Gasteiger partial charge in [0.25, 0.3) is 5.91 Å². The Morgan fingerprint density at radius 2 is 1.78 bits per heavy atom. The Bertz CT molecular complexity index is 891. The molecule has 2 aromatic rings. The van der Waals surface area contributed by atoms with E-state index in [0.29, 0.717) is 5.56 Å². The van der Waals surface area contributed by atoms with Crippen molar-refractivity contribution >= 4 is 17.9 Å². The Morgan fingerprint density at radius 1 is 1.07 bits per heavy atom. The summed E-state index contributed by atoms with van der Waals surface area (Å²) in [5, 5.41) is 2.68. The zero-order valence-corrected chi connectivity index (χ0v) is 15.6.